The minimum atomic E-state index is -4.46. The van der Waals surface area contributed by atoms with Gasteiger partial charge in [0.1, 0.15) is 0 Å². The van der Waals surface area contributed by atoms with Gasteiger partial charge in [-0.1, -0.05) is 12.1 Å². The summed E-state index contributed by atoms with van der Waals surface area (Å²) < 4.78 is 45.0. The Morgan fingerprint density at radius 3 is 2.64 bits per heavy atom. The maximum atomic E-state index is 13.2. The van der Waals surface area contributed by atoms with E-state index in [1.54, 1.807) is 30.3 Å². The number of pyridine rings is 1. The summed E-state index contributed by atoms with van der Waals surface area (Å²) in [4.78, 5) is 19.3. The molecule has 174 valence electrons. The summed E-state index contributed by atoms with van der Waals surface area (Å²) in [5, 5.41) is 6.39. The fraction of sp³-hybridized carbons (Fsp3) is 0.333. The van der Waals surface area contributed by atoms with Crippen molar-refractivity contribution in [3.05, 3.63) is 65.9 Å². The minimum Gasteiger partial charge on any atom is -0.379 e. The number of fused-ring (bicyclic) bond motifs is 1. The predicted molar refractivity (Wildman–Crippen MR) is 121 cm³/mol. The third-order valence-electron chi connectivity index (χ3n) is 5.55. The normalized spacial score (nSPS) is 14.9. The van der Waals surface area contributed by atoms with Crippen LogP contribution in [0, 0.1) is 0 Å². The number of rotatable bonds is 7. The number of benzene rings is 2. The summed E-state index contributed by atoms with van der Waals surface area (Å²) in [5.41, 5.74) is 1.04. The monoisotopic (exact) mass is 458 g/mol. The number of anilines is 2. The summed E-state index contributed by atoms with van der Waals surface area (Å²) in [7, 11) is 0. The Labute approximate surface area is 189 Å². The quantitative estimate of drug-likeness (QED) is 0.512. The molecule has 1 saturated heterocycles. The number of hydrogen-bond donors (Lipinski definition) is 2. The first-order chi connectivity index (χ1) is 15.9. The van der Waals surface area contributed by atoms with Gasteiger partial charge in [0.15, 0.2) is 0 Å². The van der Waals surface area contributed by atoms with Crippen LogP contribution in [0.15, 0.2) is 54.7 Å². The Morgan fingerprint density at radius 2 is 1.85 bits per heavy atom. The van der Waals surface area contributed by atoms with Gasteiger partial charge in [0, 0.05) is 36.9 Å². The SMILES string of the molecule is O=C(NCCCN1CCOCC1)c1ccccc1Nc1ccnc2ccc(C(F)(F)F)cc12. The number of nitrogens with one attached hydrogen (secondary N) is 2. The molecule has 2 N–H and O–H groups in total. The van der Waals surface area contributed by atoms with Crippen LogP contribution in [0.1, 0.15) is 22.3 Å². The van der Waals surface area contributed by atoms with E-state index in [4.69, 9.17) is 4.74 Å². The van der Waals surface area contributed by atoms with Crippen LogP contribution in [0.5, 0.6) is 0 Å². The molecule has 0 atom stereocenters. The number of aromatic nitrogens is 1. The van der Waals surface area contributed by atoms with Gasteiger partial charge in [0.2, 0.25) is 0 Å². The lowest BCUT2D eigenvalue weighted by atomic mass is 10.1. The maximum Gasteiger partial charge on any atom is 0.416 e. The Bertz CT molecular complexity index is 1110. The number of carbonyl (C=O) groups excluding carboxylic acids is 1. The lowest BCUT2D eigenvalue weighted by Gasteiger charge is -2.26. The van der Waals surface area contributed by atoms with Crippen molar-refractivity contribution < 1.29 is 22.7 Å². The second-order valence-electron chi connectivity index (χ2n) is 7.82. The van der Waals surface area contributed by atoms with Crippen molar-refractivity contribution in [1.82, 2.24) is 15.2 Å². The Balaban J connectivity index is 1.47. The van der Waals surface area contributed by atoms with Crippen LogP contribution in [0.4, 0.5) is 24.5 Å². The van der Waals surface area contributed by atoms with E-state index >= 15 is 0 Å². The third-order valence-corrected chi connectivity index (χ3v) is 5.55. The second kappa shape index (κ2) is 10.2. The molecule has 3 aromatic rings. The lowest BCUT2D eigenvalue weighted by molar-refractivity contribution is -0.137. The molecule has 4 rings (SSSR count). The van der Waals surface area contributed by atoms with Crippen LogP contribution < -0.4 is 10.6 Å². The molecule has 1 amide bonds. The summed E-state index contributed by atoms with van der Waals surface area (Å²) in [6, 6.07) is 11.9. The van der Waals surface area contributed by atoms with Gasteiger partial charge in [-0.3, -0.25) is 14.7 Å². The number of amides is 1. The zero-order valence-electron chi connectivity index (χ0n) is 18.0. The lowest BCUT2D eigenvalue weighted by Crippen LogP contribution is -2.38. The topological polar surface area (TPSA) is 66.5 Å². The maximum absolute atomic E-state index is 13.2. The number of carbonyl (C=O) groups is 1. The number of hydrogen-bond acceptors (Lipinski definition) is 5. The Hall–Kier alpha value is -3.17. The Morgan fingerprint density at radius 1 is 1.06 bits per heavy atom. The average molecular weight is 458 g/mol. The van der Waals surface area contributed by atoms with Gasteiger partial charge in [0.25, 0.3) is 5.91 Å². The number of morpholine rings is 1. The van der Waals surface area contributed by atoms with Gasteiger partial charge in [0.05, 0.1) is 35.5 Å². The van der Waals surface area contributed by atoms with Crippen LogP contribution in [-0.2, 0) is 10.9 Å². The van der Waals surface area contributed by atoms with Crippen molar-refractivity contribution in [2.75, 3.05) is 44.7 Å². The predicted octanol–water partition coefficient (Wildman–Crippen LogP) is 4.45. The number of halogens is 3. The zero-order chi connectivity index (χ0) is 23.3. The van der Waals surface area contributed by atoms with Gasteiger partial charge in [-0.05, 0) is 49.4 Å². The van der Waals surface area contributed by atoms with E-state index in [-0.39, 0.29) is 5.91 Å². The van der Waals surface area contributed by atoms with Crippen molar-refractivity contribution >= 4 is 28.2 Å². The molecule has 0 bridgehead atoms. The van der Waals surface area contributed by atoms with Crippen molar-refractivity contribution in [3.63, 3.8) is 0 Å². The highest BCUT2D eigenvalue weighted by Gasteiger charge is 2.30. The molecule has 0 radical (unpaired) electrons. The fourth-order valence-electron chi connectivity index (χ4n) is 3.79. The van der Waals surface area contributed by atoms with Crippen molar-refractivity contribution in [2.24, 2.45) is 0 Å². The van der Waals surface area contributed by atoms with Gasteiger partial charge >= 0.3 is 6.18 Å². The van der Waals surface area contributed by atoms with E-state index in [1.807, 2.05) is 0 Å². The number of alkyl halides is 3. The molecular formula is C24H25F3N4O2. The van der Waals surface area contributed by atoms with Crippen LogP contribution in [-0.4, -0.2) is 55.2 Å². The summed E-state index contributed by atoms with van der Waals surface area (Å²) in [6.07, 6.45) is -2.12. The molecule has 1 aliphatic heterocycles. The third kappa shape index (κ3) is 5.80. The highest BCUT2D eigenvalue weighted by Crippen LogP contribution is 2.34. The molecule has 9 heteroatoms. The second-order valence-corrected chi connectivity index (χ2v) is 7.82. The van der Waals surface area contributed by atoms with E-state index in [0.29, 0.717) is 34.4 Å². The van der Waals surface area contributed by atoms with Gasteiger partial charge < -0.3 is 15.4 Å². The molecule has 0 saturated carbocycles. The number of nitrogens with zero attached hydrogens (tertiary/aromatic N) is 2. The van der Waals surface area contributed by atoms with Gasteiger partial charge in [-0.2, -0.15) is 13.2 Å². The minimum absolute atomic E-state index is 0.241. The molecule has 1 aliphatic rings. The van der Waals surface area contributed by atoms with Crippen LogP contribution in [0.2, 0.25) is 0 Å². The average Bonchev–Trinajstić information content (AvgIpc) is 2.82. The van der Waals surface area contributed by atoms with Crippen LogP contribution >= 0.6 is 0 Å². The summed E-state index contributed by atoms with van der Waals surface area (Å²) in [6.45, 7) is 4.68. The highest BCUT2D eigenvalue weighted by atomic mass is 19.4. The molecule has 2 aromatic carbocycles. The molecule has 0 spiro atoms. The largest absolute Gasteiger partial charge is 0.416 e. The van der Waals surface area contributed by atoms with Crippen molar-refractivity contribution in [1.29, 1.82) is 0 Å². The standard InChI is InChI=1S/C24H25F3N4O2/c25-24(26,27)17-6-7-20-19(16-17)22(8-10-28-20)30-21-5-2-1-4-18(21)23(32)29-9-3-11-31-12-14-33-15-13-31/h1-2,4-8,10,16H,3,9,11-15H2,(H,28,30)(H,29,32). The summed E-state index contributed by atoms with van der Waals surface area (Å²) in [5.74, 6) is -0.241. The molecule has 1 fully saturated rings. The first-order valence-corrected chi connectivity index (χ1v) is 10.8. The Kier molecular flexibility index (Phi) is 7.10. The van der Waals surface area contributed by atoms with E-state index in [9.17, 15) is 18.0 Å². The number of para-hydroxylation sites is 1. The van der Waals surface area contributed by atoms with E-state index in [0.717, 1.165) is 51.4 Å². The molecule has 0 unspecified atom stereocenters. The first-order valence-electron chi connectivity index (χ1n) is 10.8. The van der Waals surface area contributed by atoms with Gasteiger partial charge in [-0.25, -0.2) is 0 Å². The van der Waals surface area contributed by atoms with Crippen LogP contribution in [0.25, 0.3) is 10.9 Å². The van der Waals surface area contributed by atoms with E-state index in [2.05, 4.69) is 20.5 Å². The van der Waals surface area contributed by atoms with Crippen molar-refractivity contribution in [3.8, 4) is 0 Å². The summed E-state index contributed by atoms with van der Waals surface area (Å²) >= 11 is 0. The zero-order valence-corrected chi connectivity index (χ0v) is 18.0. The smallest absolute Gasteiger partial charge is 0.379 e. The van der Waals surface area contributed by atoms with E-state index in [1.165, 1.54) is 12.3 Å². The molecule has 6 nitrogen and oxygen atoms in total. The molecule has 0 aliphatic carbocycles. The molecule has 33 heavy (non-hydrogen) atoms. The molecule has 2 heterocycles. The van der Waals surface area contributed by atoms with Crippen molar-refractivity contribution in [2.45, 2.75) is 12.6 Å². The molecular weight excluding hydrogens is 433 g/mol. The van der Waals surface area contributed by atoms with Gasteiger partial charge in [-0.15, -0.1) is 0 Å². The fourth-order valence-corrected chi connectivity index (χ4v) is 3.79. The van der Waals surface area contributed by atoms with E-state index < -0.39 is 11.7 Å². The highest BCUT2D eigenvalue weighted by molar-refractivity contribution is 6.02. The molecule has 1 aromatic heterocycles. The van der Waals surface area contributed by atoms with Crippen LogP contribution in [0.3, 0.4) is 0 Å². The first kappa shape index (κ1) is 23.0. The number of ether oxygens (including phenoxy) is 1.